The number of rotatable bonds is 9. The number of aromatic nitrogens is 2. The van der Waals surface area contributed by atoms with E-state index in [9.17, 15) is 4.39 Å². The maximum absolute atomic E-state index is 13.3. The molecule has 7 nitrogen and oxygen atoms in total. The minimum atomic E-state index is -0.238. The highest BCUT2D eigenvalue weighted by molar-refractivity contribution is 14.0. The molecule has 0 aliphatic carbocycles. The second-order valence-corrected chi connectivity index (χ2v) is 6.45. The molecule has 162 valence electrons. The van der Waals surface area contributed by atoms with Gasteiger partial charge >= 0.3 is 0 Å². The van der Waals surface area contributed by atoms with Gasteiger partial charge in [0.25, 0.3) is 0 Å². The molecule has 3 rings (SSSR count). The van der Waals surface area contributed by atoms with Crippen LogP contribution in [-0.2, 0) is 17.7 Å². The third-order valence-corrected chi connectivity index (χ3v) is 4.43. The van der Waals surface area contributed by atoms with Gasteiger partial charge in [-0.15, -0.1) is 24.0 Å². The van der Waals surface area contributed by atoms with Gasteiger partial charge in [-0.1, -0.05) is 6.07 Å². The number of methoxy groups -OCH3 is 1. The largest absolute Gasteiger partial charge is 0.475 e. The molecule has 3 aromatic rings. The van der Waals surface area contributed by atoms with E-state index < -0.39 is 0 Å². The van der Waals surface area contributed by atoms with E-state index in [1.807, 2.05) is 18.3 Å². The van der Waals surface area contributed by atoms with Gasteiger partial charge in [-0.3, -0.25) is 4.99 Å². The van der Waals surface area contributed by atoms with E-state index in [0.29, 0.717) is 38.1 Å². The highest BCUT2D eigenvalue weighted by atomic mass is 127. The maximum Gasteiger partial charge on any atom is 0.213 e. The van der Waals surface area contributed by atoms with Crippen molar-refractivity contribution in [1.82, 2.24) is 20.6 Å². The molecular weight excluding hydrogens is 500 g/mol. The Labute approximate surface area is 192 Å². The zero-order valence-electron chi connectivity index (χ0n) is 17.1. The van der Waals surface area contributed by atoms with Crippen LogP contribution >= 0.6 is 24.0 Å². The first-order valence-corrected chi connectivity index (χ1v) is 9.46. The third-order valence-electron chi connectivity index (χ3n) is 4.43. The Balaban J connectivity index is 0.00000320. The number of pyridine rings is 1. The van der Waals surface area contributed by atoms with Gasteiger partial charge < -0.3 is 25.1 Å². The van der Waals surface area contributed by atoms with E-state index in [2.05, 4.69) is 25.6 Å². The number of halogens is 2. The molecule has 1 aromatic carbocycles. The normalized spacial score (nSPS) is 11.2. The Kier molecular flexibility index (Phi) is 9.81. The van der Waals surface area contributed by atoms with Crippen LogP contribution in [0.1, 0.15) is 11.1 Å². The summed E-state index contributed by atoms with van der Waals surface area (Å²) in [6, 6.07) is 8.59. The smallest absolute Gasteiger partial charge is 0.213 e. The van der Waals surface area contributed by atoms with Gasteiger partial charge in [-0.25, -0.2) is 9.37 Å². The van der Waals surface area contributed by atoms with Crippen LogP contribution in [0.3, 0.4) is 0 Å². The van der Waals surface area contributed by atoms with Crippen molar-refractivity contribution in [2.24, 2.45) is 4.99 Å². The first-order chi connectivity index (χ1) is 14.2. The fourth-order valence-electron chi connectivity index (χ4n) is 2.92. The molecule has 2 aromatic heterocycles. The zero-order valence-corrected chi connectivity index (χ0v) is 19.4. The average Bonchev–Trinajstić information content (AvgIpc) is 3.13. The van der Waals surface area contributed by atoms with E-state index in [0.717, 1.165) is 28.5 Å². The van der Waals surface area contributed by atoms with Crippen LogP contribution in [0.4, 0.5) is 4.39 Å². The van der Waals surface area contributed by atoms with Crippen molar-refractivity contribution in [3.8, 4) is 5.88 Å². The molecule has 0 saturated heterocycles. The van der Waals surface area contributed by atoms with Crippen LogP contribution in [0.15, 0.2) is 47.7 Å². The summed E-state index contributed by atoms with van der Waals surface area (Å²) in [6.07, 6.45) is 4.48. The van der Waals surface area contributed by atoms with Crippen molar-refractivity contribution in [1.29, 1.82) is 0 Å². The number of hydrogen-bond acceptors (Lipinski definition) is 4. The fourth-order valence-corrected chi connectivity index (χ4v) is 2.92. The van der Waals surface area contributed by atoms with Crippen LogP contribution in [0.5, 0.6) is 5.88 Å². The second-order valence-electron chi connectivity index (χ2n) is 6.45. The first kappa shape index (κ1) is 23.9. The van der Waals surface area contributed by atoms with E-state index in [-0.39, 0.29) is 29.8 Å². The quantitative estimate of drug-likeness (QED) is 0.172. The number of fused-ring (bicyclic) bond motifs is 1. The van der Waals surface area contributed by atoms with Crippen LogP contribution < -0.4 is 15.4 Å². The van der Waals surface area contributed by atoms with Gasteiger partial charge in [0.2, 0.25) is 5.88 Å². The Bertz CT molecular complexity index is 946. The topological polar surface area (TPSA) is 83.6 Å². The summed E-state index contributed by atoms with van der Waals surface area (Å²) < 4.78 is 23.7. The molecule has 0 aliphatic heterocycles. The molecular formula is C21H27FIN5O2. The molecule has 0 aliphatic rings. The highest BCUT2D eigenvalue weighted by Crippen LogP contribution is 2.19. The number of aromatic amines is 1. The standard InChI is InChI=1S/C21H26FN5O2.HI/c1-23-21(27-13-15-3-6-20(26-12-15)29-10-9-28-2)24-8-7-16-14-25-19-11-17(22)4-5-18(16)19;/h3-6,11-12,14,25H,7-10,13H2,1-2H3,(H2,23,24,27);1H. The van der Waals surface area contributed by atoms with Gasteiger partial charge in [0.1, 0.15) is 12.4 Å². The highest BCUT2D eigenvalue weighted by Gasteiger charge is 2.05. The summed E-state index contributed by atoms with van der Waals surface area (Å²) in [5.41, 5.74) is 2.96. The average molecular weight is 527 g/mol. The summed E-state index contributed by atoms with van der Waals surface area (Å²) in [4.78, 5) is 11.6. The number of benzene rings is 1. The molecule has 0 unspecified atom stereocenters. The minimum absolute atomic E-state index is 0. The molecule has 30 heavy (non-hydrogen) atoms. The maximum atomic E-state index is 13.3. The van der Waals surface area contributed by atoms with E-state index in [1.54, 1.807) is 26.4 Å². The fraction of sp³-hybridized carbons (Fsp3) is 0.333. The van der Waals surface area contributed by atoms with Crippen LogP contribution in [0, 0.1) is 5.82 Å². The van der Waals surface area contributed by atoms with Crippen molar-refractivity contribution in [3.05, 3.63) is 59.7 Å². The van der Waals surface area contributed by atoms with E-state index >= 15 is 0 Å². The van der Waals surface area contributed by atoms with E-state index in [1.165, 1.54) is 12.1 Å². The molecule has 0 atom stereocenters. The molecule has 0 radical (unpaired) electrons. The Morgan fingerprint density at radius 3 is 2.80 bits per heavy atom. The molecule has 0 spiro atoms. The number of H-pyrrole nitrogens is 1. The van der Waals surface area contributed by atoms with Gasteiger partial charge in [-0.2, -0.15) is 0 Å². The summed E-state index contributed by atoms with van der Waals surface area (Å²) in [5, 5.41) is 7.59. The summed E-state index contributed by atoms with van der Waals surface area (Å²) >= 11 is 0. The van der Waals surface area contributed by atoms with Crippen molar-refractivity contribution < 1.29 is 13.9 Å². The van der Waals surface area contributed by atoms with E-state index in [4.69, 9.17) is 9.47 Å². The van der Waals surface area contributed by atoms with Gasteiger partial charge in [0.15, 0.2) is 5.96 Å². The lowest BCUT2D eigenvalue weighted by Crippen LogP contribution is -2.37. The summed E-state index contributed by atoms with van der Waals surface area (Å²) in [5.74, 6) is 1.04. The molecule has 9 heteroatoms. The summed E-state index contributed by atoms with van der Waals surface area (Å²) in [7, 11) is 3.36. The molecule has 3 N–H and O–H groups in total. The van der Waals surface area contributed by atoms with Gasteiger partial charge in [0, 0.05) is 56.6 Å². The Hall–Kier alpha value is -2.40. The van der Waals surface area contributed by atoms with Gasteiger partial charge in [-0.05, 0) is 35.7 Å². The predicted octanol–water partition coefficient (Wildman–Crippen LogP) is 3.25. The van der Waals surface area contributed by atoms with Gasteiger partial charge in [0.05, 0.1) is 6.61 Å². The summed E-state index contributed by atoms with van der Waals surface area (Å²) in [6.45, 7) is 2.30. The molecule has 0 bridgehead atoms. The van der Waals surface area contributed by atoms with Crippen LogP contribution in [-0.4, -0.2) is 49.8 Å². The number of aliphatic imine (C=N–C) groups is 1. The number of guanidine groups is 1. The Morgan fingerprint density at radius 1 is 1.20 bits per heavy atom. The molecule has 0 saturated carbocycles. The zero-order chi connectivity index (χ0) is 20.5. The minimum Gasteiger partial charge on any atom is -0.475 e. The van der Waals surface area contributed by atoms with Crippen molar-refractivity contribution in [2.45, 2.75) is 13.0 Å². The Morgan fingerprint density at radius 2 is 2.07 bits per heavy atom. The number of nitrogens with zero attached hydrogens (tertiary/aromatic N) is 2. The second kappa shape index (κ2) is 12.3. The van der Waals surface area contributed by atoms with Crippen LogP contribution in [0.2, 0.25) is 0 Å². The third kappa shape index (κ3) is 6.84. The number of hydrogen-bond donors (Lipinski definition) is 3. The lowest BCUT2D eigenvalue weighted by Gasteiger charge is -2.12. The van der Waals surface area contributed by atoms with Crippen molar-refractivity contribution >= 4 is 40.8 Å². The molecule has 2 heterocycles. The molecule has 0 fully saturated rings. The molecule has 0 amide bonds. The monoisotopic (exact) mass is 527 g/mol. The lowest BCUT2D eigenvalue weighted by molar-refractivity contribution is 0.143. The van der Waals surface area contributed by atoms with Crippen molar-refractivity contribution in [3.63, 3.8) is 0 Å². The predicted molar refractivity (Wildman–Crippen MR) is 127 cm³/mol. The SMILES string of the molecule is CN=C(NCCc1c[nH]c2cc(F)ccc12)NCc1ccc(OCCOC)nc1.I. The first-order valence-electron chi connectivity index (χ1n) is 9.46. The van der Waals surface area contributed by atoms with Crippen molar-refractivity contribution in [2.75, 3.05) is 33.9 Å². The number of ether oxygens (including phenoxy) is 2. The van der Waals surface area contributed by atoms with Crippen LogP contribution in [0.25, 0.3) is 10.9 Å². The number of nitrogens with one attached hydrogen (secondary N) is 3. The lowest BCUT2D eigenvalue weighted by atomic mass is 10.1.